The van der Waals surface area contributed by atoms with Crippen molar-refractivity contribution in [3.63, 3.8) is 0 Å². The summed E-state index contributed by atoms with van der Waals surface area (Å²) >= 11 is 0. The molecule has 1 heterocycles. The number of aliphatic imine (C=N–C) groups is 1. The van der Waals surface area contributed by atoms with Crippen molar-refractivity contribution < 1.29 is 4.79 Å². The lowest BCUT2D eigenvalue weighted by Crippen LogP contribution is -2.46. The van der Waals surface area contributed by atoms with Crippen LogP contribution in [0.25, 0.3) is 0 Å². The molecule has 0 radical (unpaired) electrons. The molecule has 2 N–H and O–H groups in total. The molecular formula is C12H23N3O. The Hall–Kier alpha value is -1.06. The maximum atomic E-state index is 12.0. The Morgan fingerprint density at radius 2 is 2.06 bits per heavy atom. The lowest BCUT2D eigenvalue weighted by molar-refractivity contribution is -0.124. The quantitative estimate of drug-likeness (QED) is 0.749. The maximum Gasteiger partial charge on any atom is 0.252 e. The standard InChI is InChI=1S/C12H23N3O/c1-5-7-8-12(6-2)10(16)14-11(15-12)13-9(3)4/h9H,5-8H2,1-4H3,(H2,13,14,15,16). The number of carbonyl (C=O) groups is 1. The van der Waals surface area contributed by atoms with Gasteiger partial charge >= 0.3 is 0 Å². The van der Waals surface area contributed by atoms with Crippen LogP contribution in [0.15, 0.2) is 4.99 Å². The minimum absolute atomic E-state index is 0.0721. The average Bonchev–Trinajstić information content (AvgIpc) is 2.52. The van der Waals surface area contributed by atoms with Gasteiger partial charge in [0.2, 0.25) is 0 Å². The number of nitrogens with zero attached hydrogens (tertiary/aromatic N) is 1. The van der Waals surface area contributed by atoms with Gasteiger partial charge in [-0.25, -0.2) is 0 Å². The van der Waals surface area contributed by atoms with Crippen LogP contribution >= 0.6 is 0 Å². The predicted molar refractivity (Wildman–Crippen MR) is 66.4 cm³/mol. The minimum Gasteiger partial charge on any atom is -0.342 e. The van der Waals surface area contributed by atoms with Gasteiger partial charge in [0.25, 0.3) is 5.91 Å². The van der Waals surface area contributed by atoms with E-state index in [-0.39, 0.29) is 11.9 Å². The zero-order valence-corrected chi connectivity index (χ0v) is 10.8. The summed E-state index contributed by atoms with van der Waals surface area (Å²) < 4.78 is 0. The van der Waals surface area contributed by atoms with Crippen LogP contribution in [-0.2, 0) is 4.79 Å². The van der Waals surface area contributed by atoms with E-state index in [9.17, 15) is 4.79 Å². The highest BCUT2D eigenvalue weighted by Gasteiger charge is 2.42. The van der Waals surface area contributed by atoms with Gasteiger partial charge in [0.1, 0.15) is 5.54 Å². The van der Waals surface area contributed by atoms with Crippen molar-refractivity contribution in [2.75, 3.05) is 0 Å². The van der Waals surface area contributed by atoms with Crippen molar-refractivity contribution in [1.29, 1.82) is 0 Å². The number of nitrogens with one attached hydrogen (secondary N) is 2. The molecule has 1 aliphatic rings. The number of hydrogen-bond donors (Lipinski definition) is 2. The fourth-order valence-corrected chi connectivity index (χ4v) is 1.94. The SMILES string of the molecule is CCCCC1(CC)NC(=NC(C)C)NC1=O. The molecule has 4 heteroatoms. The highest BCUT2D eigenvalue weighted by Crippen LogP contribution is 2.22. The Labute approximate surface area is 97.9 Å². The van der Waals surface area contributed by atoms with Crippen LogP contribution in [0.5, 0.6) is 0 Å². The minimum atomic E-state index is -0.427. The van der Waals surface area contributed by atoms with Crippen LogP contribution in [-0.4, -0.2) is 23.4 Å². The lowest BCUT2D eigenvalue weighted by Gasteiger charge is -2.24. The highest BCUT2D eigenvalue weighted by molar-refractivity contribution is 6.09. The summed E-state index contributed by atoms with van der Waals surface area (Å²) in [6, 6.07) is 0.196. The summed E-state index contributed by atoms with van der Waals surface area (Å²) in [6.07, 6.45) is 3.84. The fourth-order valence-electron chi connectivity index (χ4n) is 1.94. The Balaban J connectivity index is 2.76. The number of hydrogen-bond acceptors (Lipinski definition) is 2. The lowest BCUT2D eigenvalue weighted by atomic mass is 9.90. The third-order valence-electron chi connectivity index (χ3n) is 2.97. The normalized spacial score (nSPS) is 27.3. The Morgan fingerprint density at radius 3 is 2.56 bits per heavy atom. The second-order valence-electron chi connectivity index (χ2n) is 4.69. The molecule has 1 rings (SSSR count). The second-order valence-corrected chi connectivity index (χ2v) is 4.69. The zero-order valence-electron chi connectivity index (χ0n) is 10.8. The number of guanidine groups is 1. The van der Waals surface area contributed by atoms with Crippen LogP contribution in [0.4, 0.5) is 0 Å². The van der Waals surface area contributed by atoms with Crippen molar-refractivity contribution in [3.05, 3.63) is 0 Å². The molecule has 0 aromatic rings. The average molecular weight is 225 g/mol. The highest BCUT2D eigenvalue weighted by atomic mass is 16.2. The van der Waals surface area contributed by atoms with Crippen molar-refractivity contribution >= 4 is 11.9 Å². The van der Waals surface area contributed by atoms with Crippen LogP contribution in [0.1, 0.15) is 53.4 Å². The van der Waals surface area contributed by atoms with E-state index in [4.69, 9.17) is 0 Å². The summed E-state index contributed by atoms with van der Waals surface area (Å²) in [7, 11) is 0. The summed E-state index contributed by atoms with van der Waals surface area (Å²) in [6.45, 7) is 8.18. The second kappa shape index (κ2) is 5.32. The number of unbranched alkanes of at least 4 members (excludes halogenated alkanes) is 1. The zero-order chi connectivity index (χ0) is 12.2. The summed E-state index contributed by atoms with van der Waals surface area (Å²) in [5, 5.41) is 6.10. The molecule has 0 aromatic carbocycles. The molecule has 1 atom stereocenters. The number of amides is 1. The van der Waals surface area contributed by atoms with E-state index >= 15 is 0 Å². The van der Waals surface area contributed by atoms with Crippen molar-refractivity contribution in [1.82, 2.24) is 10.6 Å². The van der Waals surface area contributed by atoms with E-state index < -0.39 is 5.54 Å². The van der Waals surface area contributed by atoms with Gasteiger partial charge in [0.15, 0.2) is 5.96 Å². The van der Waals surface area contributed by atoms with E-state index in [0.29, 0.717) is 5.96 Å². The third kappa shape index (κ3) is 2.74. The van der Waals surface area contributed by atoms with Gasteiger partial charge in [0, 0.05) is 6.04 Å². The molecule has 92 valence electrons. The van der Waals surface area contributed by atoms with Crippen LogP contribution < -0.4 is 10.6 Å². The van der Waals surface area contributed by atoms with Gasteiger partial charge in [0.05, 0.1) is 0 Å². The maximum absolute atomic E-state index is 12.0. The molecule has 0 aromatic heterocycles. The summed E-state index contributed by atoms with van der Waals surface area (Å²) in [5.74, 6) is 0.709. The first-order valence-electron chi connectivity index (χ1n) is 6.21. The van der Waals surface area contributed by atoms with Gasteiger partial charge in [-0.3, -0.25) is 15.1 Å². The number of rotatable bonds is 5. The topological polar surface area (TPSA) is 53.5 Å². The smallest absolute Gasteiger partial charge is 0.252 e. The van der Waals surface area contributed by atoms with Gasteiger partial charge in [-0.15, -0.1) is 0 Å². The van der Waals surface area contributed by atoms with E-state index in [1.807, 2.05) is 20.8 Å². The number of carbonyl (C=O) groups excluding carboxylic acids is 1. The molecule has 16 heavy (non-hydrogen) atoms. The first-order valence-corrected chi connectivity index (χ1v) is 6.21. The monoisotopic (exact) mass is 225 g/mol. The third-order valence-corrected chi connectivity index (χ3v) is 2.97. The van der Waals surface area contributed by atoms with E-state index in [2.05, 4.69) is 22.5 Å². The molecule has 1 aliphatic heterocycles. The van der Waals surface area contributed by atoms with Crippen LogP contribution in [0.3, 0.4) is 0 Å². The van der Waals surface area contributed by atoms with Gasteiger partial charge in [-0.2, -0.15) is 0 Å². The molecule has 0 bridgehead atoms. The van der Waals surface area contributed by atoms with Gasteiger partial charge in [-0.1, -0.05) is 26.7 Å². The molecule has 1 saturated heterocycles. The van der Waals surface area contributed by atoms with Crippen molar-refractivity contribution in [3.8, 4) is 0 Å². The van der Waals surface area contributed by atoms with Crippen molar-refractivity contribution in [2.45, 2.75) is 65.0 Å². The fraction of sp³-hybridized carbons (Fsp3) is 0.833. The van der Waals surface area contributed by atoms with Gasteiger partial charge < -0.3 is 5.32 Å². The molecule has 4 nitrogen and oxygen atoms in total. The molecule has 1 amide bonds. The Kier molecular flexibility index (Phi) is 4.33. The van der Waals surface area contributed by atoms with E-state index in [0.717, 1.165) is 25.7 Å². The molecule has 0 spiro atoms. The van der Waals surface area contributed by atoms with E-state index in [1.165, 1.54) is 0 Å². The van der Waals surface area contributed by atoms with Gasteiger partial charge in [-0.05, 0) is 26.7 Å². The molecule has 0 saturated carbocycles. The van der Waals surface area contributed by atoms with E-state index in [1.54, 1.807) is 0 Å². The van der Waals surface area contributed by atoms with Crippen molar-refractivity contribution in [2.24, 2.45) is 4.99 Å². The molecule has 1 unspecified atom stereocenters. The molecule has 1 fully saturated rings. The molecular weight excluding hydrogens is 202 g/mol. The summed E-state index contributed by atoms with van der Waals surface area (Å²) in [5.41, 5.74) is -0.427. The molecule has 0 aliphatic carbocycles. The predicted octanol–water partition coefficient (Wildman–Crippen LogP) is 1.81. The van der Waals surface area contributed by atoms with Crippen LogP contribution in [0, 0.1) is 0 Å². The van der Waals surface area contributed by atoms with Crippen LogP contribution in [0.2, 0.25) is 0 Å². The first kappa shape index (κ1) is 13.0. The Morgan fingerprint density at radius 1 is 1.38 bits per heavy atom. The summed E-state index contributed by atoms with van der Waals surface area (Å²) in [4.78, 5) is 16.3. The Bertz CT molecular complexity index is 286. The first-order chi connectivity index (χ1) is 7.54. The largest absolute Gasteiger partial charge is 0.342 e.